The molecule has 1 saturated heterocycles. The molecule has 31 heavy (non-hydrogen) atoms. The Hall–Kier alpha value is -3.31. The Morgan fingerprint density at radius 2 is 1.65 bits per heavy atom. The molecule has 1 aliphatic heterocycles. The van der Waals surface area contributed by atoms with Crippen LogP contribution < -0.4 is 10.2 Å². The van der Waals surface area contributed by atoms with Crippen LogP contribution >= 0.6 is 0 Å². The zero-order valence-electron chi connectivity index (χ0n) is 16.2. The monoisotopic (exact) mass is 432 g/mol. The Balaban J connectivity index is 1.76. The minimum Gasteiger partial charge on any atom is -0.508 e. The lowest BCUT2D eigenvalue weighted by molar-refractivity contribution is -0.308. The van der Waals surface area contributed by atoms with Crippen LogP contribution in [0.4, 0.5) is 0 Å². The molecule has 0 bridgehead atoms. The van der Waals surface area contributed by atoms with Crippen molar-refractivity contribution in [1.82, 2.24) is 0 Å². The number of fused-ring (bicyclic) bond motifs is 1. The molecule has 0 amide bonds. The minimum absolute atomic E-state index is 0.0210. The van der Waals surface area contributed by atoms with Gasteiger partial charge in [0.2, 0.25) is 17.5 Å². The number of benzene rings is 2. The molecule has 0 saturated carbocycles. The van der Waals surface area contributed by atoms with Gasteiger partial charge in [0.1, 0.15) is 40.4 Å². The van der Waals surface area contributed by atoms with Crippen LogP contribution in [-0.4, -0.2) is 55.4 Å². The second-order valence-electron chi connectivity index (χ2n) is 7.32. The molecule has 0 aliphatic carbocycles. The maximum atomic E-state index is 12.6. The fourth-order valence-electron chi connectivity index (χ4n) is 3.38. The van der Waals surface area contributed by atoms with Gasteiger partial charge in [-0.25, -0.2) is 0 Å². The summed E-state index contributed by atoms with van der Waals surface area (Å²) < 4.78 is 16.2. The van der Waals surface area contributed by atoms with E-state index in [1.807, 2.05) is 0 Å². The maximum absolute atomic E-state index is 12.6. The van der Waals surface area contributed by atoms with Gasteiger partial charge in [0.25, 0.3) is 0 Å². The largest absolute Gasteiger partial charge is 0.508 e. The van der Waals surface area contributed by atoms with Crippen molar-refractivity contribution in [3.8, 4) is 34.3 Å². The third-order valence-corrected chi connectivity index (χ3v) is 5.23. The average Bonchev–Trinajstić information content (AvgIpc) is 2.73. The second-order valence-corrected chi connectivity index (χ2v) is 7.32. The van der Waals surface area contributed by atoms with Crippen molar-refractivity contribution in [1.29, 1.82) is 0 Å². The fourth-order valence-corrected chi connectivity index (χ4v) is 3.38. The molecular formula is C21H20O10. The Bertz CT molecular complexity index is 1170. The van der Waals surface area contributed by atoms with E-state index in [4.69, 9.17) is 13.9 Å². The second kappa shape index (κ2) is 7.75. The van der Waals surface area contributed by atoms with Gasteiger partial charge >= 0.3 is 0 Å². The molecule has 5 atom stereocenters. The van der Waals surface area contributed by atoms with E-state index in [9.17, 15) is 35.4 Å². The Morgan fingerprint density at radius 1 is 0.968 bits per heavy atom. The van der Waals surface area contributed by atoms with Gasteiger partial charge in [0.05, 0.1) is 0 Å². The van der Waals surface area contributed by atoms with E-state index in [1.54, 1.807) is 0 Å². The molecule has 0 unspecified atom stereocenters. The summed E-state index contributed by atoms with van der Waals surface area (Å²) >= 11 is 0. The van der Waals surface area contributed by atoms with Crippen molar-refractivity contribution in [2.75, 3.05) is 0 Å². The van der Waals surface area contributed by atoms with Crippen LogP contribution in [0.1, 0.15) is 6.92 Å². The summed E-state index contributed by atoms with van der Waals surface area (Å²) in [5, 5.41) is 59.5. The van der Waals surface area contributed by atoms with Gasteiger partial charge in [0.15, 0.2) is 12.1 Å². The van der Waals surface area contributed by atoms with Gasteiger partial charge in [-0.15, -0.1) is 0 Å². The highest BCUT2D eigenvalue weighted by Crippen LogP contribution is 2.37. The fraction of sp³-hybridized carbons (Fsp3) is 0.286. The van der Waals surface area contributed by atoms with Crippen molar-refractivity contribution >= 4 is 11.0 Å². The smallest absolute Gasteiger partial charge is 0.238 e. The lowest BCUT2D eigenvalue weighted by Gasteiger charge is -2.38. The average molecular weight is 432 g/mol. The standard InChI is InChI=1S/C21H20O10/c1-8-15(24)20(28)31-21(16(8)25)29-11-6-12(23)14-13(7-11)30-19(18(27)17(14)26)9-2-4-10(22)5-3-9/h2-8,15-16,20-25,27-28H,1H3/t8-,15-,16-,20-,21-/m1/s1. The van der Waals surface area contributed by atoms with Crippen molar-refractivity contribution in [2.24, 2.45) is 5.92 Å². The van der Waals surface area contributed by atoms with Crippen molar-refractivity contribution < 1.29 is 44.5 Å². The molecule has 3 aromatic rings. The lowest BCUT2D eigenvalue weighted by Crippen LogP contribution is -2.55. The molecule has 1 aliphatic rings. The van der Waals surface area contributed by atoms with Crippen molar-refractivity contribution in [3.63, 3.8) is 0 Å². The van der Waals surface area contributed by atoms with E-state index >= 15 is 0 Å². The number of hydrogen-bond acceptors (Lipinski definition) is 10. The van der Waals surface area contributed by atoms with Gasteiger partial charge in [0, 0.05) is 23.6 Å². The van der Waals surface area contributed by atoms with Gasteiger partial charge in [-0.3, -0.25) is 4.79 Å². The Morgan fingerprint density at radius 3 is 2.32 bits per heavy atom. The van der Waals surface area contributed by atoms with E-state index in [2.05, 4.69) is 0 Å². The number of ether oxygens (including phenoxy) is 2. The summed E-state index contributed by atoms with van der Waals surface area (Å²) in [4.78, 5) is 12.6. The number of aliphatic hydroxyl groups excluding tert-OH is 3. The summed E-state index contributed by atoms with van der Waals surface area (Å²) in [7, 11) is 0. The minimum atomic E-state index is -1.59. The number of phenols is 2. The van der Waals surface area contributed by atoms with Crippen LogP contribution in [0, 0.1) is 5.92 Å². The highest BCUT2D eigenvalue weighted by Gasteiger charge is 2.42. The first kappa shape index (κ1) is 20.9. The van der Waals surface area contributed by atoms with Crippen LogP contribution in [0.5, 0.6) is 23.0 Å². The summed E-state index contributed by atoms with van der Waals surface area (Å²) in [6.07, 6.45) is -5.57. The molecule has 0 radical (unpaired) electrons. The molecule has 6 N–H and O–H groups in total. The molecule has 1 aromatic heterocycles. The van der Waals surface area contributed by atoms with Gasteiger partial charge in [-0.1, -0.05) is 6.92 Å². The molecule has 164 valence electrons. The van der Waals surface area contributed by atoms with E-state index in [1.165, 1.54) is 37.3 Å². The molecule has 10 nitrogen and oxygen atoms in total. The van der Waals surface area contributed by atoms with Crippen LogP contribution in [-0.2, 0) is 4.74 Å². The maximum Gasteiger partial charge on any atom is 0.238 e. The lowest BCUT2D eigenvalue weighted by atomic mass is 9.94. The first-order valence-electron chi connectivity index (χ1n) is 9.36. The van der Waals surface area contributed by atoms with E-state index in [0.29, 0.717) is 5.56 Å². The van der Waals surface area contributed by atoms with E-state index in [0.717, 1.165) is 6.07 Å². The quantitative estimate of drug-likeness (QED) is 0.351. The normalized spacial score (nSPS) is 26.1. The summed E-state index contributed by atoms with van der Waals surface area (Å²) in [5.74, 6) is -2.30. The molecule has 10 heteroatoms. The van der Waals surface area contributed by atoms with E-state index < -0.39 is 47.6 Å². The SMILES string of the molecule is C[C@@H]1[C@@H](O)[C@H](O)O[C@@H](Oc2cc(O)c3c(=O)c(O)c(-c4ccc(O)cc4)oc3c2)[C@@H]1O. The molecule has 4 rings (SSSR count). The highest BCUT2D eigenvalue weighted by atomic mass is 16.7. The number of aliphatic hydroxyl groups is 3. The van der Waals surface area contributed by atoms with Gasteiger partial charge in [-0.05, 0) is 24.3 Å². The zero-order chi connectivity index (χ0) is 22.4. The Kier molecular flexibility index (Phi) is 5.23. The predicted octanol–water partition coefficient (Wildman–Crippen LogP) is 0.988. The van der Waals surface area contributed by atoms with Crippen LogP contribution in [0.2, 0.25) is 0 Å². The molecule has 2 aromatic carbocycles. The van der Waals surface area contributed by atoms with Crippen LogP contribution in [0.25, 0.3) is 22.3 Å². The van der Waals surface area contributed by atoms with Crippen molar-refractivity contribution in [3.05, 3.63) is 46.6 Å². The third-order valence-electron chi connectivity index (χ3n) is 5.23. The first-order chi connectivity index (χ1) is 14.7. The number of rotatable bonds is 3. The first-order valence-corrected chi connectivity index (χ1v) is 9.36. The summed E-state index contributed by atoms with van der Waals surface area (Å²) in [5.41, 5.74) is -0.702. The van der Waals surface area contributed by atoms with Crippen molar-refractivity contribution in [2.45, 2.75) is 31.7 Å². The van der Waals surface area contributed by atoms with Crippen LogP contribution in [0.15, 0.2) is 45.6 Å². The van der Waals surface area contributed by atoms with Gasteiger partial charge < -0.3 is 44.5 Å². The molecule has 1 fully saturated rings. The topological polar surface area (TPSA) is 170 Å². The number of phenolic OH excluding ortho intramolecular Hbond substituents is 2. The molecule has 0 spiro atoms. The summed E-state index contributed by atoms with van der Waals surface area (Å²) in [6, 6.07) is 7.87. The zero-order valence-corrected chi connectivity index (χ0v) is 16.2. The van der Waals surface area contributed by atoms with Crippen LogP contribution in [0.3, 0.4) is 0 Å². The number of aromatic hydroxyl groups is 3. The van der Waals surface area contributed by atoms with Gasteiger partial charge in [-0.2, -0.15) is 0 Å². The number of hydrogen-bond donors (Lipinski definition) is 6. The predicted molar refractivity (Wildman–Crippen MR) is 106 cm³/mol. The molecular weight excluding hydrogens is 412 g/mol. The molecule has 2 heterocycles. The van der Waals surface area contributed by atoms with E-state index in [-0.39, 0.29) is 28.2 Å². The highest BCUT2D eigenvalue weighted by molar-refractivity contribution is 5.88. The Labute approximate surface area is 174 Å². The third kappa shape index (κ3) is 3.66. The summed E-state index contributed by atoms with van der Waals surface area (Å²) in [6.45, 7) is 1.50.